The van der Waals surface area contributed by atoms with Crippen molar-refractivity contribution >= 4 is 28.3 Å². The van der Waals surface area contributed by atoms with E-state index >= 15 is 0 Å². The van der Waals surface area contributed by atoms with Gasteiger partial charge in [-0.2, -0.15) is 0 Å². The highest BCUT2D eigenvalue weighted by Gasteiger charge is 2.27. The molecular formula is C27H32N4O3. The minimum atomic E-state index is -0.724. The fraction of sp³-hybridized carbons (Fsp3) is 0.407. The van der Waals surface area contributed by atoms with Gasteiger partial charge in [0.2, 0.25) is 5.91 Å². The van der Waals surface area contributed by atoms with E-state index in [4.69, 9.17) is 0 Å². The first-order valence-electron chi connectivity index (χ1n) is 11.9. The van der Waals surface area contributed by atoms with Gasteiger partial charge in [0, 0.05) is 25.2 Å². The molecule has 0 unspecified atom stereocenters. The van der Waals surface area contributed by atoms with Crippen LogP contribution in [0.1, 0.15) is 57.7 Å². The predicted octanol–water partition coefficient (Wildman–Crippen LogP) is 4.03. The van der Waals surface area contributed by atoms with Crippen LogP contribution >= 0.6 is 0 Å². The van der Waals surface area contributed by atoms with E-state index in [9.17, 15) is 14.4 Å². The quantitative estimate of drug-likeness (QED) is 0.521. The first kappa shape index (κ1) is 23.7. The van der Waals surface area contributed by atoms with Crippen molar-refractivity contribution < 1.29 is 9.59 Å². The Labute approximate surface area is 199 Å². The molecule has 2 atom stereocenters. The van der Waals surface area contributed by atoms with Gasteiger partial charge in [0.05, 0.1) is 23.3 Å². The van der Waals surface area contributed by atoms with Crippen molar-refractivity contribution in [2.45, 2.75) is 52.1 Å². The summed E-state index contributed by atoms with van der Waals surface area (Å²) in [5, 5.41) is 3.56. The maximum absolute atomic E-state index is 13.6. The normalized spacial score (nSPS) is 15.1. The number of hydrogen-bond acceptors (Lipinski definition) is 5. The number of nitrogens with one attached hydrogen (secondary N) is 1. The van der Waals surface area contributed by atoms with Gasteiger partial charge in [-0.3, -0.25) is 19.0 Å². The van der Waals surface area contributed by atoms with Crippen molar-refractivity contribution in [3.63, 3.8) is 0 Å². The molecule has 7 heteroatoms. The molecule has 3 aromatic rings. The number of carbonyl (C=O) groups excluding carboxylic acids is 2. The van der Waals surface area contributed by atoms with Crippen molar-refractivity contribution in [3.05, 3.63) is 70.8 Å². The molecule has 1 saturated heterocycles. The summed E-state index contributed by atoms with van der Waals surface area (Å²) in [6, 6.07) is 14.0. The van der Waals surface area contributed by atoms with E-state index in [1.807, 2.05) is 38.1 Å². The topological polar surface area (TPSA) is 84.3 Å². The second-order valence-corrected chi connectivity index (χ2v) is 9.52. The number of amides is 1. The molecule has 0 bridgehead atoms. The van der Waals surface area contributed by atoms with Gasteiger partial charge in [-0.15, -0.1) is 0 Å². The Morgan fingerprint density at radius 2 is 1.85 bits per heavy atom. The van der Waals surface area contributed by atoms with Crippen LogP contribution in [0.4, 0.5) is 5.69 Å². The molecule has 1 fully saturated rings. The van der Waals surface area contributed by atoms with E-state index in [0.717, 1.165) is 24.3 Å². The number of ketones is 1. The number of hydrogen-bond donors (Lipinski definition) is 1. The van der Waals surface area contributed by atoms with Gasteiger partial charge in [-0.25, -0.2) is 4.98 Å². The number of carbonyl (C=O) groups is 2. The van der Waals surface area contributed by atoms with Gasteiger partial charge < -0.3 is 10.2 Å². The molecule has 0 aliphatic carbocycles. The van der Waals surface area contributed by atoms with Crippen molar-refractivity contribution in [1.29, 1.82) is 0 Å². The minimum absolute atomic E-state index is 0.00963. The second-order valence-electron chi connectivity index (χ2n) is 9.52. The fourth-order valence-electron chi connectivity index (χ4n) is 4.42. The first-order chi connectivity index (χ1) is 16.3. The zero-order chi connectivity index (χ0) is 24.2. The summed E-state index contributed by atoms with van der Waals surface area (Å²) >= 11 is 0. The maximum atomic E-state index is 13.6. The Bertz CT molecular complexity index is 1250. The van der Waals surface area contributed by atoms with Crippen LogP contribution in [-0.2, 0) is 9.59 Å². The number of rotatable bonds is 9. The van der Waals surface area contributed by atoms with Gasteiger partial charge in [-0.1, -0.05) is 38.1 Å². The Morgan fingerprint density at radius 3 is 2.53 bits per heavy atom. The molecule has 1 N–H and O–H groups in total. The Balaban J connectivity index is 1.66. The summed E-state index contributed by atoms with van der Waals surface area (Å²) in [7, 11) is 0. The molecule has 7 nitrogen and oxygen atoms in total. The minimum Gasteiger partial charge on any atom is -0.371 e. The highest BCUT2D eigenvalue weighted by molar-refractivity contribution is 5.83. The molecule has 1 aromatic heterocycles. The lowest BCUT2D eigenvalue weighted by molar-refractivity contribution is -0.126. The highest BCUT2D eigenvalue weighted by atomic mass is 16.2. The molecule has 0 spiro atoms. The average Bonchev–Trinajstić information content (AvgIpc) is 2.76. The van der Waals surface area contributed by atoms with E-state index in [1.54, 1.807) is 18.2 Å². The molecule has 1 amide bonds. The predicted molar refractivity (Wildman–Crippen MR) is 134 cm³/mol. The van der Waals surface area contributed by atoms with Crippen molar-refractivity contribution in [2.24, 2.45) is 5.92 Å². The SMILES string of the molecule is CC(=O)C[C@H](NC(=O)[C@H](CC(C)C)n1cnc2ccccc2c1=O)c1cccc(N2CCC2)c1. The average molecular weight is 461 g/mol. The van der Waals surface area contributed by atoms with Crippen molar-refractivity contribution in [1.82, 2.24) is 14.9 Å². The largest absolute Gasteiger partial charge is 0.371 e. The molecule has 1 aliphatic rings. The van der Waals surface area contributed by atoms with E-state index in [1.165, 1.54) is 24.2 Å². The summed E-state index contributed by atoms with van der Waals surface area (Å²) in [5.74, 6) is -0.117. The van der Waals surface area contributed by atoms with E-state index < -0.39 is 12.1 Å². The Hall–Kier alpha value is -3.48. The van der Waals surface area contributed by atoms with Crippen LogP contribution < -0.4 is 15.8 Å². The van der Waals surface area contributed by atoms with E-state index in [-0.39, 0.29) is 29.6 Å². The van der Waals surface area contributed by atoms with Crippen LogP contribution in [-0.4, -0.2) is 34.3 Å². The summed E-state index contributed by atoms with van der Waals surface area (Å²) in [6.45, 7) is 7.59. The van der Waals surface area contributed by atoms with Crippen LogP contribution in [0.3, 0.4) is 0 Å². The lowest BCUT2D eigenvalue weighted by atomic mass is 9.98. The Kier molecular flexibility index (Phi) is 7.10. The zero-order valence-electron chi connectivity index (χ0n) is 20.0. The number of fused-ring (bicyclic) bond motifs is 1. The number of Topliss-reactive ketones (excluding diaryl/α,β-unsaturated/α-hetero) is 1. The third-order valence-electron chi connectivity index (χ3n) is 6.33. The van der Waals surface area contributed by atoms with Gasteiger partial charge in [0.1, 0.15) is 11.8 Å². The summed E-state index contributed by atoms with van der Waals surface area (Å²) in [4.78, 5) is 45.6. The van der Waals surface area contributed by atoms with Crippen LogP contribution in [0.15, 0.2) is 59.7 Å². The van der Waals surface area contributed by atoms with Gasteiger partial charge in [-0.05, 0) is 55.5 Å². The summed E-state index contributed by atoms with van der Waals surface area (Å²) in [5.41, 5.74) is 2.35. The molecule has 2 heterocycles. The smallest absolute Gasteiger partial charge is 0.261 e. The van der Waals surface area contributed by atoms with Crippen LogP contribution in [0.25, 0.3) is 10.9 Å². The number of anilines is 1. The standard InChI is InChI=1S/C27H32N4O3/c1-18(2)14-25(31-17-28-23-11-5-4-10-22(23)27(31)34)26(33)29-24(15-19(3)32)20-8-6-9-21(16-20)30-12-7-13-30/h4-6,8-11,16-18,24-25H,7,12-15H2,1-3H3,(H,29,33)/t24-,25-/m0/s1. The lowest BCUT2D eigenvalue weighted by Gasteiger charge is -2.34. The molecule has 0 radical (unpaired) electrons. The van der Waals surface area contributed by atoms with Crippen molar-refractivity contribution in [2.75, 3.05) is 18.0 Å². The number of aromatic nitrogens is 2. The second kappa shape index (κ2) is 10.2. The lowest BCUT2D eigenvalue weighted by Crippen LogP contribution is -2.40. The van der Waals surface area contributed by atoms with E-state index in [2.05, 4.69) is 21.3 Å². The molecule has 0 saturated carbocycles. The molecule has 1 aliphatic heterocycles. The third kappa shape index (κ3) is 5.19. The van der Waals surface area contributed by atoms with Crippen molar-refractivity contribution in [3.8, 4) is 0 Å². The maximum Gasteiger partial charge on any atom is 0.261 e. The monoisotopic (exact) mass is 460 g/mol. The molecule has 4 rings (SSSR count). The van der Waals surface area contributed by atoms with Gasteiger partial charge in [0.15, 0.2) is 0 Å². The van der Waals surface area contributed by atoms with Crippen LogP contribution in [0.2, 0.25) is 0 Å². The van der Waals surface area contributed by atoms with Crippen LogP contribution in [0, 0.1) is 5.92 Å². The number of para-hydroxylation sites is 1. The fourth-order valence-corrected chi connectivity index (χ4v) is 4.42. The molecule has 34 heavy (non-hydrogen) atoms. The van der Waals surface area contributed by atoms with Gasteiger partial charge in [0.25, 0.3) is 5.56 Å². The van der Waals surface area contributed by atoms with Crippen LogP contribution in [0.5, 0.6) is 0 Å². The number of nitrogens with zero attached hydrogens (tertiary/aromatic N) is 3. The summed E-state index contributed by atoms with van der Waals surface area (Å²) in [6.07, 6.45) is 3.30. The molecule has 2 aromatic carbocycles. The third-order valence-corrected chi connectivity index (χ3v) is 6.33. The Morgan fingerprint density at radius 1 is 1.09 bits per heavy atom. The van der Waals surface area contributed by atoms with Gasteiger partial charge >= 0.3 is 0 Å². The highest BCUT2D eigenvalue weighted by Crippen LogP contribution is 2.27. The first-order valence-corrected chi connectivity index (χ1v) is 11.9. The number of benzene rings is 2. The molecular weight excluding hydrogens is 428 g/mol. The zero-order valence-corrected chi connectivity index (χ0v) is 20.0. The van der Waals surface area contributed by atoms with E-state index in [0.29, 0.717) is 17.3 Å². The molecule has 178 valence electrons. The summed E-state index contributed by atoms with van der Waals surface area (Å²) < 4.78 is 1.43.